The van der Waals surface area contributed by atoms with E-state index in [1.54, 1.807) is 11.1 Å². The van der Waals surface area contributed by atoms with Crippen molar-refractivity contribution in [3.63, 3.8) is 0 Å². The highest BCUT2D eigenvalue weighted by Crippen LogP contribution is 2.57. The molecule has 0 spiro atoms. The minimum Gasteiger partial charge on any atom is -0.316 e. The third-order valence-corrected chi connectivity index (χ3v) is 7.37. The lowest BCUT2D eigenvalue weighted by atomic mass is 9.49. The maximum atomic E-state index is 10.5. The van der Waals surface area contributed by atoms with Crippen LogP contribution in [0.1, 0.15) is 88.8 Å². The molecule has 2 nitrogen and oxygen atoms in total. The molecule has 2 aliphatic carbocycles. The number of aldehydes is 1. The zero-order valence-corrected chi connectivity index (χ0v) is 17.2. The lowest BCUT2D eigenvalue weighted by molar-refractivity contribution is -0.107. The standard InChI is InChI=1S/C24H37NO/c1-18(2)19-8-10-21-20(16-19)9-11-22-23(3,12-7-13-24(21,22)4)17-25-14-5-6-15-26/h8,10,15-16,18,22,25H,5-7,9,11-14,17H2,1-4H3/t22-,23-,24+/m0/s1. The lowest BCUT2D eigenvalue weighted by Crippen LogP contribution is -2.52. The highest BCUT2D eigenvalue weighted by molar-refractivity contribution is 5.49. The Morgan fingerprint density at radius 3 is 2.81 bits per heavy atom. The highest BCUT2D eigenvalue weighted by Gasteiger charge is 2.51. The third kappa shape index (κ3) is 3.63. The molecule has 1 aromatic carbocycles. The summed E-state index contributed by atoms with van der Waals surface area (Å²) in [7, 11) is 0. The minimum atomic E-state index is 0.320. The van der Waals surface area contributed by atoms with E-state index in [1.165, 1.54) is 37.7 Å². The van der Waals surface area contributed by atoms with Crippen LogP contribution in [0.25, 0.3) is 0 Å². The van der Waals surface area contributed by atoms with Gasteiger partial charge in [-0.3, -0.25) is 0 Å². The number of hydrogen-bond donors (Lipinski definition) is 1. The van der Waals surface area contributed by atoms with E-state index in [-0.39, 0.29) is 0 Å². The molecule has 0 amide bonds. The van der Waals surface area contributed by atoms with E-state index in [9.17, 15) is 4.79 Å². The van der Waals surface area contributed by atoms with Crippen LogP contribution in [0.4, 0.5) is 0 Å². The average molecular weight is 356 g/mol. The summed E-state index contributed by atoms with van der Waals surface area (Å²) in [5, 5.41) is 3.67. The van der Waals surface area contributed by atoms with Gasteiger partial charge in [0.15, 0.2) is 0 Å². The van der Waals surface area contributed by atoms with Crippen molar-refractivity contribution in [1.29, 1.82) is 0 Å². The molecular formula is C24H37NO. The number of rotatable bonds is 7. The van der Waals surface area contributed by atoms with Crippen molar-refractivity contribution in [2.45, 2.75) is 84.0 Å². The van der Waals surface area contributed by atoms with Gasteiger partial charge in [0.05, 0.1) is 0 Å². The predicted octanol–water partition coefficient (Wildman–Crippen LogP) is 5.39. The van der Waals surface area contributed by atoms with Gasteiger partial charge in [-0.1, -0.05) is 52.3 Å². The number of fused-ring (bicyclic) bond motifs is 3. The summed E-state index contributed by atoms with van der Waals surface area (Å²) in [6, 6.07) is 7.33. The molecule has 0 aromatic heterocycles. The fourth-order valence-corrected chi connectivity index (χ4v) is 5.90. The van der Waals surface area contributed by atoms with Gasteiger partial charge in [0.25, 0.3) is 0 Å². The summed E-state index contributed by atoms with van der Waals surface area (Å²) in [5.41, 5.74) is 5.41. The molecule has 0 heterocycles. The molecule has 0 bridgehead atoms. The molecule has 1 fully saturated rings. The first kappa shape index (κ1) is 19.6. The van der Waals surface area contributed by atoms with E-state index in [2.05, 4.69) is 51.2 Å². The molecule has 26 heavy (non-hydrogen) atoms. The Hall–Kier alpha value is -1.15. The molecule has 0 aliphatic heterocycles. The first-order chi connectivity index (χ1) is 12.4. The van der Waals surface area contributed by atoms with E-state index < -0.39 is 0 Å². The molecule has 1 aromatic rings. The van der Waals surface area contributed by atoms with Crippen LogP contribution < -0.4 is 5.32 Å². The van der Waals surface area contributed by atoms with Crippen molar-refractivity contribution in [3.8, 4) is 0 Å². The Morgan fingerprint density at radius 2 is 2.08 bits per heavy atom. The van der Waals surface area contributed by atoms with Crippen molar-refractivity contribution in [1.82, 2.24) is 5.32 Å². The highest BCUT2D eigenvalue weighted by atomic mass is 16.1. The van der Waals surface area contributed by atoms with Crippen LogP contribution in [0, 0.1) is 11.3 Å². The van der Waals surface area contributed by atoms with Gasteiger partial charge in [0.2, 0.25) is 0 Å². The summed E-state index contributed by atoms with van der Waals surface area (Å²) in [6.45, 7) is 11.7. The van der Waals surface area contributed by atoms with E-state index in [0.29, 0.717) is 23.2 Å². The lowest BCUT2D eigenvalue weighted by Gasteiger charge is -2.55. The Bertz CT molecular complexity index is 637. The number of nitrogens with one attached hydrogen (secondary N) is 1. The van der Waals surface area contributed by atoms with Crippen LogP contribution in [-0.4, -0.2) is 19.4 Å². The second-order valence-corrected chi connectivity index (χ2v) is 9.57. The van der Waals surface area contributed by atoms with Crippen molar-refractivity contribution in [2.75, 3.05) is 13.1 Å². The molecule has 0 unspecified atom stereocenters. The zero-order valence-electron chi connectivity index (χ0n) is 17.2. The van der Waals surface area contributed by atoms with Gasteiger partial charge in [0.1, 0.15) is 6.29 Å². The van der Waals surface area contributed by atoms with Crippen molar-refractivity contribution >= 4 is 6.29 Å². The first-order valence-corrected chi connectivity index (χ1v) is 10.7. The van der Waals surface area contributed by atoms with Crippen LogP contribution in [0.3, 0.4) is 0 Å². The van der Waals surface area contributed by atoms with Gasteiger partial charge in [-0.05, 0) is 78.0 Å². The van der Waals surface area contributed by atoms with E-state index >= 15 is 0 Å². The van der Waals surface area contributed by atoms with Gasteiger partial charge in [-0.15, -0.1) is 0 Å². The van der Waals surface area contributed by atoms with Gasteiger partial charge in [0, 0.05) is 13.0 Å². The molecule has 0 radical (unpaired) electrons. The summed E-state index contributed by atoms with van der Waals surface area (Å²) in [4.78, 5) is 10.5. The monoisotopic (exact) mass is 355 g/mol. The maximum absolute atomic E-state index is 10.5. The minimum absolute atomic E-state index is 0.320. The topological polar surface area (TPSA) is 29.1 Å². The SMILES string of the molecule is CC(C)c1ccc2c(c1)CC[C@H]1[C@](C)(CNCCCC=O)CCC[C@]21C. The third-order valence-electron chi connectivity index (χ3n) is 7.37. The number of benzene rings is 1. The summed E-state index contributed by atoms with van der Waals surface area (Å²) in [5.74, 6) is 1.36. The van der Waals surface area contributed by atoms with Crippen molar-refractivity contribution in [3.05, 3.63) is 34.9 Å². The van der Waals surface area contributed by atoms with Gasteiger partial charge in [-0.2, -0.15) is 0 Å². The molecule has 1 N–H and O–H groups in total. The number of aryl methyl sites for hydroxylation is 1. The number of carbonyl (C=O) groups is 1. The van der Waals surface area contributed by atoms with E-state index in [1.807, 2.05) is 0 Å². The Kier molecular flexibility index (Phi) is 5.91. The first-order valence-electron chi connectivity index (χ1n) is 10.7. The largest absolute Gasteiger partial charge is 0.316 e. The maximum Gasteiger partial charge on any atom is 0.120 e. The van der Waals surface area contributed by atoms with Crippen LogP contribution in [0.5, 0.6) is 0 Å². The molecule has 3 rings (SSSR count). The molecule has 1 saturated carbocycles. The fraction of sp³-hybridized carbons (Fsp3) is 0.708. The van der Waals surface area contributed by atoms with E-state index in [0.717, 1.165) is 31.7 Å². The smallest absolute Gasteiger partial charge is 0.120 e. The van der Waals surface area contributed by atoms with Crippen molar-refractivity contribution in [2.24, 2.45) is 11.3 Å². The molecule has 0 saturated heterocycles. The summed E-state index contributed by atoms with van der Waals surface area (Å²) >= 11 is 0. The van der Waals surface area contributed by atoms with E-state index in [4.69, 9.17) is 0 Å². The van der Waals surface area contributed by atoms with Crippen LogP contribution >= 0.6 is 0 Å². The van der Waals surface area contributed by atoms with Crippen LogP contribution in [0.2, 0.25) is 0 Å². The number of unbranched alkanes of at least 4 members (excludes halogenated alkanes) is 1. The van der Waals surface area contributed by atoms with Crippen LogP contribution in [-0.2, 0) is 16.6 Å². The quantitative estimate of drug-likeness (QED) is 0.525. The Morgan fingerprint density at radius 1 is 1.27 bits per heavy atom. The molecule has 2 heteroatoms. The molecular weight excluding hydrogens is 318 g/mol. The molecule has 2 aliphatic rings. The number of hydrogen-bond acceptors (Lipinski definition) is 2. The Labute approximate surface area is 160 Å². The predicted molar refractivity (Wildman–Crippen MR) is 110 cm³/mol. The van der Waals surface area contributed by atoms with Gasteiger partial charge in [-0.25, -0.2) is 0 Å². The zero-order chi connectivity index (χ0) is 18.8. The summed E-state index contributed by atoms with van der Waals surface area (Å²) in [6.07, 6.45) is 9.20. The second kappa shape index (κ2) is 7.84. The Balaban J connectivity index is 1.80. The molecule has 3 atom stereocenters. The number of carbonyl (C=O) groups excluding carboxylic acids is 1. The average Bonchev–Trinajstić information content (AvgIpc) is 2.61. The van der Waals surface area contributed by atoms with Gasteiger partial charge < -0.3 is 10.1 Å². The molecule has 144 valence electrons. The second-order valence-electron chi connectivity index (χ2n) is 9.57. The summed E-state index contributed by atoms with van der Waals surface area (Å²) < 4.78 is 0. The fourth-order valence-electron chi connectivity index (χ4n) is 5.90. The normalized spacial score (nSPS) is 30.7. The van der Waals surface area contributed by atoms with Crippen LogP contribution in [0.15, 0.2) is 18.2 Å². The van der Waals surface area contributed by atoms with Gasteiger partial charge >= 0.3 is 0 Å². The van der Waals surface area contributed by atoms with Crippen molar-refractivity contribution < 1.29 is 4.79 Å².